The third-order valence-electron chi connectivity index (χ3n) is 16.6. The van der Waals surface area contributed by atoms with E-state index in [2.05, 4.69) is 34.6 Å². The normalized spacial score (nSPS) is 14.4. The second-order valence-corrected chi connectivity index (χ2v) is 28.4. The van der Waals surface area contributed by atoms with E-state index in [0.29, 0.717) is 25.7 Å². The first-order valence-corrected chi connectivity index (χ1v) is 39.7. The molecule has 6 atom stereocenters. The Bertz CT molecular complexity index is 1720. The number of hydrogen-bond acceptors (Lipinski definition) is 15. The zero-order valence-corrected chi connectivity index (χ0v) is 59.4. The number of esters is 4. The number of carbonyl (C=O) groups excluding carboxylic acids is 4. The Morgan fingerprint density at radius 1 is 0.315 bits per heavy atom. The fourth-order valence-electron chi connectivity index (χ4n) is 10.6. The van der Waals surface area contributed by atoms with Crippen LogP contribution in [-0.2, 0) is 65.4 Å². The molecule has 0 aliphatic rings. The van der Waals surface area contributed by atoms with Gasteiger partial charge in [0.05, 0.1) is 26.4 Å². The van der Waals surface area contributed by atoms with Gasteiger partial charge in [-0.2, -0.15) is 0 Å². The molecule has 0 rings (SSSR count). The summed E-state index contributed by atoms with van der Waals surface area (Å²) in [6.45, 7) is 7.23. The summed E-state index contributed by atoms with van der Waals surface area (Å²) in [6, 6.07) is 0. The van der Waals surface area contributed by atoms with Crippen molar-refractivity contribution in [2.45, 2.75) is 380 Å². The first-order chi connectivity index (χ1) is 43.1. The Balaban J connectivity index is 5.19. The van der Waals surface area contributed by atoms with Gasteiger partial charge in [0.2, 0.25) is 0 Å². The highest BCUT2D eigenvalue weighted by atomic mass is 31.2. The average molecular weight is 1310 g/mol. The summed E-state index contributed by atoms with van der Waals surface area (Å²) in [5.41, 5.74) is 0. The van der Waals surface area contributed by atoms with E-state index in [0.717, 1.165) is 109 Å². The number of aliphatic hydroxyl groups excluding tert-OH is 1. The van der Waals surface area contributed by atoms with Gasteiger partial charge in [0.25, 0.3) is 0 Å². The predicted molar refractivity (Wildman–Crippen MR) is 358 cm³/mol. The third kappa shape index (κ3) is 63.2. The van der Waals surface area contributed by atoms with Crippen molar-refractivity contribution < 1.29 is 80.2 Å². The van der Waals surface area contributed by atoms with Crippen LogP contribution in [0, 0.1) is 5.92 Å². The molecule has 528 valence electrons. The van der Waals surface area contributed by atoms with E-state index < -0.39 is 97.5 Å². The zero-order valence-electron chi connectivity index (χ0n) is 57.6. The minimum atomic E-state index is -4.95. The molecule has 0 aliphatic carbocycles. The van der Waals surface area contributed by atoms with Crippen LogP contribution < -0.4 is 0 Å². The van der Waals surface area contributed by atoms with Gasteiger partial charge in [-0.1, -0.05) is 311 Å². The van der Waals surface area contributed by atoms with Crippen molar-refractivity contribution in [1.29, 1.82) is 0 Å². The number of aliphatic hydroxyl groups is 1. The Morgan fingerprint density at radius 3 is 0.798 bits per heavy atom. The summed E-state index contributed by atoms with van der Waals surface area (Å²) < 4.78 is 68.2. The summed E-state index contributed by atoms with van der Waals surface area (Å²) >= 11 is 0. The third-order valence-corrected chi connectivity index (χ3v) is 18.5. The Hall–Kier alpha value is -1.94. The fraction of sp³-hybridized carbons (Fsp3) is 0.943. The number of phosphoric acid groups is 2. The van der Waals surface area contributed by atoms with Crippen LogP contribution >= 0.6 is 15.6 Å². The molecule has 0 amide bonds. The molecule has 0 saturated heterocycles. The van der Waals surface area contributed by atoms with Crippen molar-refractivity contribution in [3.63, 3.8) is 0 Å². The molecule has 0 bridgehead atoms. The van der Waals surface area contributed by atoms with Crippen molar-refractivity contribution >= 4 is 39.5 Å². The van der Waals surface area contributed by atoms with Crippen LogP contribution in [0.25, 0.3) is 0 Å². The van der Waals surface area contributed by atoms with E-state index in [1.807, 2.05) is 0 Å². The summed E-state index contributed by atoms with van der Waals surface area (Å²) in [5, 5.41) is 10.6. The molecular weight excluding hydrogens is 1170 g/mol. The first kappa shape index (κ1) is 87.1. The molecule has 3 N–H and O–H groups in total. The van der Waals surface area contributed by atoms with Crippen LogP contribution in [0.15, 0.2) is 0 Å². The summed E-state index contributed by atoms with van der Waals surface area (Å²) in [5.74, 6) is -1.32. The molecule has 0 aromatic heterocycles. The van der Waals surface area contributed by atoms with E-state index in [4.69, 9.17) is 37.0 Å². The smallest absolute Gasteiger partial charge is 0.462 e. The lowest BCUT2D eigenvalue weighted by Crippen LogP contribution is -2.30. The van der Waals surface area contributed by atoms with Gasteiger partial charge < -0.3 is 33.8 Å². The lowest BCUT2D eigenvalue weighted by Gasteiger charge is -2.21. The quantitative estimate of drug-likeness (QED) is 0.0222. The molecule has 19 heteroatoms. The summed E-state index contributed by atoms with van der Waals surface area (Å²) in [7, 11) is -9.89. The van der Waals surface area contributed by atoms with Gasteiger partial charge in [0.15, 0.2) is 12.2 Å². The van der Waals surface area contributed by atoms with E-state index in [1.54, 1.807) is 0 Å². The van der Waals surface area contributed by atoms with Crippen LogP contribution in [0.5, 0.6) is 0 Å². The monoisotopic (exact) mass is 1310 g/mol. The maximum absolute atomic E-state index is 13.0. The van der Waals surface area contributed by atoms with E-state index in [1.165, 1.54) is 173 Å². The van der Waals surface area contributed by atoms with Gasteiger partial charge in [-0.25, -0.2) is 9.13 Å². The van der Waals surface area contributed by atoms with Crippen LogP contribution in [0.4, 0.5) is 0 Å². The number of hydrogen-bond donors (Lipinski definition) is 3. The van der Waals surface area contributed by atoms with Gasteiger partial charge in [0, 0.05) is 25.7 Å². The number of carbonyl (C=O) groups is 4. The minimum Gasteiger partial charge on any atom is -0.462 e. The van der Waals surface area contributed by atoms with Crippen molar-refractivity contribution in [3.05, 3.63) is 0 Å². The molecule has 0 aromatic carbocycles. The molecule has 0 radical (unpaired) electrons. The molecule has 0 spiro atoms. The maximum Gasteiger partial charge on any atom is 0.472 e. The molecular formula is C70H136O17P2. The van der Waals surface area contributed by atoms with Crippen LogP contribution in [0.3, 0.4) is 0 Å². The molecule has 0 fully saturated rings. The molecule has 89 heavy (non-hydrogen) atoms. The Labute approximate surface area is 543 Å². The second-order valence-electron chi connectivity index (χ2n) is 25.5. The molecule has 17 nitrogen and oxygen atoms in total. The van der Waals surface area contributed by atoms with E-state index in [-0.39, 0.29) is 25.7 Å². The van der Waals surface area contributed by atoms with E-state index >= 15 is 0 Å². The van der Waals surface area contributed by atoms with Gasteiger partial charge in [0.1, 0.15) is 19.3 Å². The Kier molecular flexibility index (Phi) is 62.1. The Morgan fingerprint density at radius 2 is 0.539 bits per heavy atom. The molecule has 0 aliphatic heterocycles. The summed E-state index contributed by atoms with van der Waals surface area (Å²) in [6.07, 6.45) is 50.0. The lowest BCUT2D eigenvalue weighted by atomic mass is 9.99. The van der Waals surface area contributed by atoms with Gasteiger partial charge in [-0.15, -0.1) is 0 Å². The van der Waals surface area contributed by atoms with Crippen LogP contribution in [0.1, 0.15) is 362 Å². The van der Waals surface area contributed by atoms with Crippen LogP contribution in [-0.4, -0.2) is 96.7 Å². The van der Waals surface area contributed by atoms with Gasteiger partial charge >= 0.3 is 39.5 Å². The second kappa shape index (κ2) is 63.5. The standard InChI is InChI=1S/C70H136O17P2/c1-6-10-13-16-19-21-23-24-25-26-27-28-29-30-36-41-46-51-56-70(75)87-66(60-81-68(73)54-49-44-39-35-32-31-33-38-42-47-52-63(5)9-4)62-85-89(78,79)83-58-64(71)57-82-88(76,77)84-61-65(59-80-67(72)53-48-43-37-18-15-12-8-3)86-69(74)55-50-45-40-34-22-20-17-14-11-7-2/h63-66,71H,6-62H2,1-5H3,(H,76,77)(H,78,79)/t63?,64-,65+,66+/m0/s1. The lowest BCUT2D eigenvalue weighted by molar-refractivity contribution is -0.161. The zero-order chi connectivity index (χ0) is 65.6. The van der Waals surface area contributed by atoms with Crippen LogP contribution in [0.2, 0.25) is 0 Å². The highest BCUT2D eigenvalue weighted by Gasteiger charge is 2.30. The molecule has 3 unspecified atom stereocenters. The number of unbranched alkanes of at least 4 members (excludes halogenated alkanes) is 41. The largest absolute Gasteiger partial charge is 0.472 e. The highest BCUT2D eigenvalue weighted by Crippen LogP contribution is 2.45. The van der Waals surface area contributed by atoms with Gasteiger partial charge in [-0.05, 0) is 31.6 Å². The van der Waals surface area contributed by atoms with Crippen molar-refractivity contribution in [1.82, 2.24) is 0 Å². The highest BCUT2D eigenvalue weighted by molar-refractivity contribution is 7.47. The number of phosphoric ester groups is 2. The molecule has 0 heterocycles. The number of ether oxygens (including phenoxy) is 4. The van der Waals surface area contributed by atoms with Crippen molar-refractivity contribution in [2.75, 3.05) is 39.6 Å². The van der Waals surface area contributed by atoms with E-state index in [9.17, 15) is 43.2 Å². The maximum atomic E-state index is 13.0. The topological polar surface area (TPSA) is 237 Å². The predicted octanol–water partition coefficient (Wildman–Crippen LogP) is 20.1. The average Bonchev–Trinajstić information content (AvgIpc) is 3.64. The SMILES string of the molecule is CCCCCCCCCCCCCCCCCCCCC(=O)O[C@H](COC(=O)CCCCCCCCCCCCC(C)CC)COP(=O)(O)OC[C@@H](O)COP(=O)(O)OC[C@@H](COC(=O)CCCCCCCCC)OC(=O)CCCCCCCCCCCC. The van der Waals surface area contributed by atoms with Gasteiger partial charge in [-0.3, -0.25) is 37.3 Å². The summed E-state index contributed by atoms with van der Waals surface area (Å²) in [4.78, 5) is 72.4. The minimum absolute atomic E-state index is 0.106. The molecule has 0 saturated carbocycles. The van der Waals surface area contributed by atoms with Crippen molar-refractivity contribution in [3.8, 4) is 0 Å². The fourth-order valence-corrected chi connectivity index (χ4v) is 12.2. The molecule has 0 aromatic rings. The first-order valence-electron chi connectivity index (χ1n) is 36.7. The number of rotatable bonds is 70. The van der Waals surface area contributed by atoms with Crippen molar-refractivity contribution in [2.24, 2.45) is 5.92 Å².